The summed E-state index contributed by atoms with van der Waals surface area (Å²) in [6.07, 6.45) is 0. The Balaban J connectivity index is 1.85. The molecule has 0 atom stereocenters. The molecule has 2 N–H and O–H groups in total. The maximum absolute atomic E-state index is 5.44. The van der Waals surface area contributed by atoms with E-state index in [0.29, 0.717) is 5.11 Å². The number of aromatic nitrogens is 1. The summed E-state index contributed by atoms with van der Waals surface area (Å²) in [5, 5.41) is 7.08. The summed E-state index contributed by atoms with van der Waals surface area (Å²) in [4.78, 5) is 0. The molecule has 0 saturated heterocycles. The zero-order valence-corrected chi connectivity index (χ0v) is 14.0. The van der Waals surface area contributed by atoms with Crippen LogP contribution in [0, 0.1) is 13.8 Å². The van der Waals surface area contributed by atoms with Gasteiger partial charge in [-0.25, -0.2) is 0 Å². The molecule has 0 unspecified atom stereocenters. The summed E-state index contributed by atoms with van der Waals surface area (Å²) in [7, 11) is 0. The predicted octanol–water partition coefficient (Wildman–Crippen LogP) is 4.90. The van der Waals surface area contributed by atoms with E-state index in [9.17, 15) is 0 Å². The van der Waals surface area contributed by atoms with Gasteiger partial charge in [0.1, 0.15) is 0 Å². The van der Waals surface area contributed by atoms with Crippen LogP contribution in [-0.4, -0.2) is 9.68 Å². The van der Waals surface area contributed by atoms with Crippen LogP contribution in [0.4, 0.5) is 11.4 Å². The van der Waals surface area contributed by atoms with Crippen molar-refractivity contribution in [2.45, 2.75) is 13.8 Å². The molecule has 1 aromatic heterocycles. The average Bonchev–Trinajstić information content (AvgIpc) is 2.88. The zero-order chi connectivity index (χ0) is 16.2. The normalized spacial score (nSPS) is 10.3. The van der Waals surface area contributed by atoms with Crippen LogP contribution in [0.15, 0.2) is 66.7 Å². The molecule has 3 rings (SSSR count). The van der Waals surface area contributed by atoms with E-state index in [4.69, 9.17) is 12.2 Å². The molecule has 0 amide bonds. The third-order valence-corrected chi connectivity index (χ3v) is 3.90. The second-order valence-corrected chi connectivity index (χ2v) is 5.82. The minimum absolute atomic E-state index is 0.575. The van der Waals surface area contributed by atoms with Crippen molar-refractivity contribution in [2.75, 3.05) is 10.6 Å². The molecule has 0 aliphatic carbocycles. The van der Waals surface area contributed by atoms with Crippen LogP contribution in [0.5, 0.6) is 0 Å². The van der Waals surface area contributed by atoms with E-state index in [2.05, 4.69) is 47.2 Å². The van der Waals surface area contributed by atoms with Gasteiger partial charge in [0.25, 0.3) is 0 Å². The minimum atomic E-state index is 0.575. The van der Waals surface area contributed by atoms with Crippen LogP contribution in [0.3, 0.4) is 0 Å². The van der Waals surface area contributed by atoms with Crippen molar-refractivity contribution in [1.29, 1.82) is 0 Å². The van der Waals surface area contributed by atoms with Gasteiger partial charge in [-0.15, -0.1) is 0 Å². The average molecular weight is 321 g/mol. The summed E-state index contributed by atoms with van der Waals surface area (Å²) in [5.41, 5.74) is 5.42. The Bertz CT molecular complexity index is 802. The van der Waals surface area contributed by atoms with Gasteiger partial charge < -0.3 is 15.2 Å². The minimum Gasteiger partial charge on any atom is -0.332 e. The predicted molar refractivity (Wildman–Crippen MR) is 102 cm³/mol. The Kier molecular flexibility index (Phi) is 4.44. The fraction of sp³-hybridized carbons (Fsp3) is 0.105. The van der Waals surface area contributed by atoms with Gasteiger partial charge in [-0.05, 0) is 62.5 Å². The van der Waals surface area contributed by atoms with E-state index in [-0.39, 0.29) is 0 Å². The van der Waals surface area contributed by atoms with E-state index >= 15 is 0 Å². The maximum atomic E-state index is 5.44. The van der Waals surface area contributed by atoms with Crippen molar-refractivity contribution in [3.63, 3.8) is 0 Å². The molecule has 1 heterocycles. The lowest BCUT2D eigenvalue weighted by Gasteiger charge is -2.17. The van der Waals surface area contributed by atoms with Crippen LogP contribution < -0.4 is 10.6 Å². The van der Waals surface area contributed by atoms with Gasteiger partial charge in [-0.2, -0.15) is 0 Å². The topological polar surface area (TPSA) is 29.0 Å². The second-order valence-electron chi connectivity index (χ2n) is 5.41. The van der Waals surface area contributed by atoms with E-state index in [1.165, 1.54) is 11.4 Å². The molecule has 0 radical (unpaired) electrons. The first kappa shape index (κ1) is 15.3. The van der Waals surface area contributed by atoms with Crippen LogP contribution in [-0.2, 0) is 0 Å². The highest BCUT2D eigenvalue weighted by molar-refractivity contribution is 7.80. The lowest BCUT2D eigenvalue weighted by atomic mass is 10.2. The van der Waals surface area contributed by atoms with E-state index < -0.39 is 0 Å². The Morgan fingerprint density at radius 2 is 1.39 bits per heavy atom. The molecular formula is C19H19N3S. The first-order valence-corrected chi connectivity index (χ1v) is 7.93. The SMILES string of the molecule is Cc1ccc(C)n1-c1ccccc1NC(=S)Nc1ccccc1. The van der Waals surface area contributed by atoms with Crippen LogP contribution >= 0.6 is 12.2 Å². The van der Waals surface area contributed by atoms with Gasteiger partial charge in [-0.1, -0.05) is 30.3 Å². The molecular weight excluding hydrogens is 302 g/mol. The molecule has 3 nitrogen and oxygen atoms in total. The molecule has 116 valence electrons. The number of aryl methyl sites for hydroxylation is 2. The summed E-state index contributed by atoms with van der Waals surface area (Å²) in [6, 6.07) is 22.3. The Morgan fingerprint density at radius 3 is 2.09 bits per heavy atom. The van der Waals surface area contributed by atoms with Crippen LogP contribution in [0.2, 0.25) is 0 Å². The van der Waals surface area contributed by atoms with Gasteiger partial charge in [0.15, 0.2) is 5.11 Å². The summed E-state index contributed by atoms with van der Waals surface area (Å²) in [6.45, 7) is 4.20. The largest absolute Gasteiger partial charge is 0.332 e. The highest BCUT2D eigenvalue weighted by Gasteiger charge is 2.09. The fourth-order valence-corrected chi connectivity index (χ4v) is 2.86. The number of para-hydroxylation sites is 3. The monoisotopic (exact) mass is 321 g/mol. The Hall–Kier alpha value is -2.59. The third-order valence-electron chi connectivity index (χ3n) is 3.70. The number of thiocarbonyl (C=S) groups is 1. The molecule has 0 spiro atoms. The van der Waals surface area contributed by atoms with Gasteiger partial charge >= 0.3 is 0 Å². The first-order valence-electron chi connectivity index (χ1n) is 7.52. The van der Waals surface area contributed by atoms with Crippen LogP contribution in [0.25, 0.3) is 5.69 Å². The standard InChI is InChI=1S/C19H19N3S/c1-14-12-13-15(2)22(14)18-11-7-6-10-17(18)21-19(23)20-16-8-4-3-5-9-16/h3-13H,1-2H3,(H2,20,21,23). The molecule has 3 aromatic rings. The molecule has 23 heavy (non-hydrogen) atoms. The van der Waals surface area contributed by atoms with Gasteiger partial charge in [0, 0.05) is 17.1 Å². The highest BCUT2D eigenvalue weighted by atomic mass is 32.1. The van der Waals surface area contributed by atoms with Crippen LogP contribution in [0.1, 0.15) is 11.4 Å². The van der Waals surface area contributed by atoms with Gasteiger partial charge in [0.05, 0.1) is 11.4 Å². The number of hydrogen-bond acceptors (Lipinski definition) is 1. The zero-order valence-electron chi connectivity index (χ0n) is 13.2. The quantitative estimate of drug-likeness (QED) is 0.672. The van der Waals surface area contributed by atoms with Crippen molar-refractivity contribution in [1.82, 2.24) is 4.57 Å². The molecule has 2 aromatic carbocycles. The maximum Gasteiger partial charge on any atom is 0.175 e. The number of benzene rings is 2. The van der Waals surface area contributed by atoms with Crippen molar-refractivity contribution < 1.29 is 0 Å². The van der Waals surface area contributed by atoms with E-state index in [1.807, 2.05) is 48.5 Å². The smallest absolute Gasteiger partial charge is 0.175 e. The number of nitrogens with zero attached hydrogens (tertiary/aromatic N) is 1. The van der Waals surface area contributed by atoms with E-state index in [1.54, 1.807) is 0 Å². The lowest BCUT2D eigenvalue weighted by molar-refractivity contribution is 0.968. The molecule has 0 aliphatic heterocycles. The summed E-state index contributed by atoms with van der Waals surface area (Å²) < 4.78 is 2.22. The third kappa shape index (κ3) is 3.43. The Labute approximate surface area is 142 Å². The molecule has 0 bridgehead atoms. The fourth-order valence-electron chi connectivity index (χ4n) is 2.63. The number of hydrogen-bond donors (Lipinski definition) is 2. The number of anilines is 2. The van der Waals surface area contributed by atoms with Crippen molar-refractivity contribution in [2.24, 2.45) is 0 Å². The first-order chi connectivity index (χ1) is 11.1. The summed E-state index contributed by atoms with van der Waals surface area (Å²) in [5.74, 6) is 0. The summed E-state index contributed by atoms with van der Waals surface area (Å²) >= 11 is 5.44. The number of nitrogens with one attached hydrogen (secondary N) is 2. The van der Waals surface area contributed by atoms with Gasteiger partial charge in [0.2, 0.25) is 0 Å². The molecule has 0 saturated carbocycles. The lowest BCUT2D eigenvalue weighted by Crippen LogP contribution is -2.20. The van der Waals surface area contributed by atoms with Crippen molar-refractivity contribution in [3.8, 4) is 5.69 Å². The Morgan fingerprint density at radius 1 is 0.783 bits per heavy atom. The highest BCUT2D eigenvalue weighted by Crippen LogP contribution is 2.24. The second kappa shape index (κ2) is 6.67. The number of rotatable bonds is 3. The molecule has 0 aliphatic rings. The molecule has 4 heteroatoms. The van der Waals surface area contributed by atoms with Gasteiger partial charge in [-0.3, -0.25) is 0 Å². The molecule has 0 fully saturated rings. The van der Waals surface area contributed by atoms with Crippen molar-refractivity contribution >= 4 is 28.7 Å². The van der Waals surface area contributed by atoms with Crippen molar-refractivity contribution in [3.05, 3.63) is 78.1 Å². The van der Waals surface area contributed by atoms with E-state index in [0.717, 1.165) is 17.1 Å².